The van der Waals surface area contributed by atoms with E-state index in [1.165, 1.54) is 17.2 Å². The quantitative estimate of drug-likeness (QED) is 0.725. The van der Waals surface area contributed by atoms with Gasteiger partial charge in [-0.1, -0.05) is 43.8 Å². The molecule has 0 bridgehead atoms. The Morgan fingerprint density at radius 1 is 1.11 bits per heavy atom. The van der Waals surface area contributed by atoms with E-state index < -0.39 is 0 Å². The summed E-state index contributed by atoms with van der Waals surface area (Å²) >= 11 is 0. The summed E-state index contributed by atoms with van der Waals surface area (Å²) in [5.74, 6) is -0.174. The lowest BCUT2D eigenvalue weighted by molar-refractivity contribution is 0.626. The number of hydrogen-bond acceptors (Lipinski definition) is 0. The molecule has 2 aromatic rings. The first-order chi connectivity index (χ1) is 9.13. The molecule has 0 N–H and O–H groups in total. The van der Waals surface area contributed by atoms with Gasteiger partial charge < -0.3 is 0 Å². The van der Waals surface area contributed by atoms with Gasteiger partial charge in [0.1, 0.15) is 5.82 Å². The normalized spacial score (nSPS) is 10.5. The molecule has 0 amide bonds. The van der Waals surface area contributed by atoms with Gasteiger partial charge in [0.05, 0.1) is 0 Å². The molecule has 0 radical (unpaired) electrons. The van der Waals surface area contributed by atoms with Crippen LogP contribution in [0, 0.1) is 12.7 Å². The summed E-state index contributed by atoms with van der Waals surface area (Å²) in [5, 5.41) is 0. The van der Waals surface area contributed by atoms with E-state index in [2.05, 4.69) is 31.7 Å². The maximum Gasteiger partial charge on any atom is 0.123 e. The Morgan fingerprint density at radius 3 is 2.53 bits per heavy atom. The molecular weight excluding hydrogens is 235 g/mol. The second-order valence-electron chi connectivity index (χ2n) is 4.84. The van der Waals surface area contributed by atoms with Gasteiger partial charge in [-0.25, -0.2) is 4.39 Å². The molecular formula is C18H19F. The van der Waals surface area contributed by atoms with Crippen LogP contribution >= 0.6 is 0 Å². The zero-order chi connectivity index (χ0) is 13.8. The number of halogens is 1. The van der Waals surface area contributed by atoms with E-state index in [0.717, 1.165) is 29.5 Å². The Hall–Kier alpha value is -1.89. The standard InChI is InChI=1S/C18H19F/c1-4-14-6-7-15(5-2)17(11-14)12-16-8-9-18(19)10-13(16)3/h5-11H,2,4,12H2,1,3H3. The molecule has 2 aromatic carbocycles. The molecule has 0 spiro atoms. The molecule has 19 heavy (non-hydrogen) atoms. The Kier molecular flexibility index (Phi) is 4.16. The molecule has 0 aliphatic carbocycles. The monoisotopic (exact) mass is 254 g/mol. The first kappa shape index (κ1) is 13.5. The number of benzene rings is 2. The van der Waals surface area contributed by atoms with E-state index in [1.54, 1.807) is 6.07 Å². The second-order valence-corrected chi connectivity index (χ2v) is 4.84. The maximum absolute atomic E-state index is 13.1. The lowest BCUT2D eigenvalue weighted by atomic mass is 9.94. The third-order valence-electron chi connectivity index (χ3n) is 3.52. The van der Waals surface area contributed by atoms with Crippen molar-refractivity contribution in [2.45, 2.75) is 26.7 Å². The minimum atomic E-state index is -0.174. The summed E-state index contributed by atoms with van der Waals surface area (Å²) in [6.07, 6.45) is 3.72. The van der Waals surface area contributed by atoms with Crippen molar-refractivity contribution in [3.05, 3.63) is 76.6 Å². The molecule has 0 unspecified atom stereocenters. The van der Waals surface area contributed by atoms with E-state index >= 15 is 0 Å². The van der Waals surface area contributed by atoms with Gasteiger partial charge in [0.15, 0.2) is 0 Å². The van der Waals surface area contributed by atoms with Crippen LogP contribution in [-0.4, -0.2) is 0 Å². The summed E-state index contributed by atoms with van der Waals surface area (Å²) < 4.78 is 13.1. The van der Waals surface area contributed by atoms with Crippen LogP contribution in [0.4, 0.5) is 4.39 Å². The number of hydrogen-bond donors (Lipinski definition) is 0. The third-order valence-corrected chi connectivity index (χ3v) is 3.52. The maximum atomic E-state index is 13.1. The zero-order valence-corrected chi connectivity index (χ0v) is 11.5. The van der Waals surface area contributed by atoms with Crippen LogP contribution in [0.1, 0.15) is 34.7 Å². The van der Waals surface area contributed by atoms with Crippen LogP contribution in [0.3, 0.4) is 0 Å². The van der Waals surface area contributed by atoms with Crippen LogP contribution in [0.15, 0.2) is 43.0 Å². The lowest BCUT2D eigenvalue weighted by Crippen LogP contribution is -1.97. The van der Waals surface area contributed by atoms with Crippen molar-refractivity contribution in [1.29, 1.82) is 0 Å². The average Bonchev–Trinajstić information content (AvgIpc) is 2.41. The molecule has 0 aromatic heterocycles. The molecule has 0 nitrogen and oxygen atoms in total. The third kappa shape index (κ3) is 3.11. The first-order valence-electron chi connectivity index (χ1n) is 6.63. The molecule has 2 rings (SSSR count). The SMILES string of the molecule is C=Cc1ccc(CC)cc1Cc1ccc(F)cc1C. The largest absolute Gasteiger partial charge is 0.207 e. The smallest absolute Gasteiger partial charge is 0.123 e. The van der Waals surface area contributed by atoms with E-state index in [1.807, 2.05) is 19.1 Å². The topological polar surface area (TPSA) is 0 Å². The Bertz CT molecular complexity index is 597. The summed E-state index contributed by atoms with van der Waals surface area (Å²) in [6, 6.07) is 11.5. The zero-order valence-electron chi connectivity index (χ0n) is 11.5. The van der Waals surface area contributed by atoms with Crippen molar-refractivity contribution in [2.24, 2.45) is 0 Å². The van der Waals surface area contributed by atoms with Gasteiger partial charge in [0.2, 0.25) is 0 Å². The number of rotatable bonds is 4. The lowest BCUT2D eigenvalue weighted by Gasteiger charge is -2.11. The van der Waals surface area contributed by atoms with Gasteiger partial charge in [-0.2, -0.15) is 0 Å². The van der Waals surface area contributed by atoms with Crippen LogP contribution in [0.25, 0.3) is 6.08 Å². The van der Waals surface area contributed by atoms with Crippen LogP contribution in [-0.2, 0) is 12.8 Å². The van der Waals surface area contributed by atoms with Crippen molar-refractivity contribution in [1.82, 2.24) is 0 Å². The fourth-order valence-corrected chi connectivity index (χ4v) is 2.29. The van der Waals surface area contributed by atoms with Crippen LogP contribution in [0.5, 0.6) is 0 Å². The average molecular weight is 254 g/mol. The summed E-state index contributed by atoms with van der Waals surface area (Å²) in [5.41, 5.74) is 5.89. The Balaban J connectivity index is 2.38. The molecule has 0 saturated heterocycles. The molecule has 0 aliphatic rings. The minimum Gasteiger partial charge on any atom is -0.207 e. The van der Waals surface area contributed by atoms with Gasteiger partial charge >= 0.3 is 0 Å². The molecule has 0 fully saturated rings. The van der Waals surface area contributed by atoms with Crippen molar-refractivity contribution >= 4 is 6.08 Å². The van der Waals surface area contributed by atoms with Gasteiger partial charge in [-0.3, -0.25) is 0 Å². The second kappa shape index (κ2) is 5.83. The molecule has 1 heteroatoms. The number of aryl methyl sites for hydroxylation is 2. The van der Waals surface area contributed by atoms with Crippen LogP contribution < -0.4 is 0 Å². The predicted octanol–water partition coefficient (Wildman–Crippen LogP) is 4.93. The van der Waals surface area contributed by atoms with Gasteiger partial charge in [-0.15, -0.1) is 0 Å². The molecule has 0 aliphatic heterocycles. The van der Waals surface area contributed by atoms with E-state index in [4.69, 9.17) is 0 Å². The molecule has 0 heterocycles. The predicted molar refractivity (Wildman–Crippen MR) is 79.9 cm³/mol. The van der Waals surface area contributed by atoms with Gasteiger partial charge in [-0.05, 0) is 59.7 Å². The van der Waals surface area contributed by atoms with Gasteiger partial charge in [0.25, 0.3) is 0 Å². The van der Waals surface area contributed by atoms with Crippen molar-refractivity contribution in [3.8, 4) is 0 Å². The van der Waals surface area contributed by atoms with Crippen LogP contribution in [0.2, 0.25) is 0 Å². The minimum absolute atomic E-state index is 0.174. The van der Waals surface area contributed by atoms with E-state index in [9.17, 15) is 4.39 Å². The van der Waals surface area contributed by atoms with E-state index in [-0.39, 0.29) is 5.82 Å². The highest BCUT2D eigenvalue weighted by Crippen LogP contribution is 2.20. The van der Waals surface area contributed by atoms with Crippen molar-refractivity contribution in [3.63, 3.8) is 0 Å². The summed E-state index contributed by atoms with van der Waals surface area (Å²) in [6.45, 7) is 7.97. The van der Waals surface area contributed by atoms with E-state index in [0.29, 0.717) is 0 Å². The Labute approximate surface area is 114 Å². The molecule has 0 saturated carbocycles. The van der Waals surface area contributed by atoms with Crippen molar-refractivity contribution < 1.29 is 4.39 Å². The Morgan fingerprint density at radius 2 is 1.89 bits per heavy atom. The summed E-state index contributed by atoms with van der Waals surface area (Å²) in [7, 11) is 0. The molecule has 0 atom stereocenters. The highest BCUT2D eigenvalue weighted by Gasteiger charge is 2.05. The molecule has 98 valence electrons. The first-order valence-corrected chi connectivity index (χ1v) is 6.63. The highest BCUT2D eigenvalue weighted by molar-refractivity contribution is 5.54. The highest BCUT2D eigenvalue weighted by atomic mass is 19.1. The van der Waals surface area contributed by atoms with Gasteiger partial charge in [0, 0.05) is 0 Å². The fraction of sp³-hybridized carbons (Fsp3) is 0.222. The summed E-state index contributed by atoms with van der Waals surface area (Å²) in [4.78, 5) is 0. The van der Waals surface area contributed by atoms with Crippen molar-refractivity contribution in [2.75, 3.05) is 0 Å². The fourth-order valence-electron chi connectivity index (χ4n) is 2.29.